The van der Waals surface area contributed by atoms with Gasteiger partial charge in [-0.2, -0.15) is 0 Å². The summed E-state index contributed by atoms with van der Waals surface area (Å²) in [6.45, 7) is 1.58. The number of amides is 1. The van der Waals surface area contributed by atoms with Crippen LogP contribution in [0.5, 0.6) is 0 Å². The number of anilines is 2. The molecule has 1 aromatic heterocycles. The van der Waals surface area contributed by atoms with Crippen molar-refractivity contribution in [3.8, 4) is 0 Å². The predicted octanol–water partition coefficient (Wildman–Crippen LogP) is -0.275. The van der Waals surface area contributed by atoms with E-state index in [9.17, 15) is 4.79 Å². The van der Waals surface area contributed by atoms with Crippen LogP contribution in [0.4, 0.5) is 11.6 Å². The van der Waals surface area contributed by atoms with Gasteiger partial charge in [0, 0.05) is 26.2 Å². The second-order valence-corrected chi connectivity index (χ2v) is 4.31. The molecule has 7 nitrogen and oxygen atoms in total. The number of nitrogens with two attached hydrogens (primary N) is 1. The Morgan fingerprint density at radius 2 is 2.39 bits per heavy atom. The van der Waals surface area contributed by atoms with Crippen LogP contribution in [-0.4, -0.2) is 36.0 Å². The number of aromatic nitrogens is 2. The summed E-state index contributed by atoms with van der Waals surface area (Å²) in [5.74, 6) is 6.80. The zero-order valence-electron chi connectivity index (χ0n) is 10.4. The highest BCUT2D eigenvalue weighted by atomic mass is 16.1. The Morgan fingerprint density at radius 3 is 3.11 bits per heavy atom. The van der Waals surface area contributed by atoms with Gasteiger partial charge in [0.25, 0.3) is 0 Å². The van der Waals surface area contributed by atoms with Crippen LogP contribution >= 0.6 is 0 Å². The minimum absolute atomic E-state index is 0.0213. The fourth-order valence-corrected chi connectivity index (χ4v) is 2.20. The molecule has 1 aliphatic rings. The largest absolute Gasteiger partial charge is 0.359 e. The molecule has 1 aliphatic heterocycles. The van der Waals surface area contributed by atoms with Crippen molar-refractivity contribution in [3.05, 3.63) is 12.4 Å². The SMILES string of the molecule is CNC(=O)C1CCCN(c2cc(NN)ncn2)C1. The summed E-state index contributed by atoms with van der Waals surface area (Å²) >= 11 is 0. The molecule has 98 valence electrons. The van der Waals surface area contributed by atoms with Crippen molar-refractivity contribution in [3.63, 3.8) is 0 Å². The van der Waals surface area contributed by atoms with Gasteiger partial charge < -0.3 is 15.6 Å². The molecule has 2 heterocycles. The Hall–Kier alpha value is -1.89. The van der Waals surface area contributed by atoms with Crippen LogP contribution in [0.1, 0.15) is 12.8 Å². The highest BCUT2D eigenvalue weighted by molar-refractivity contribution is 5.79. The maximum absolute atomic E-state index is 11.7. The Kier molecular flexibility index (Phi) is 3.93. The molecule has 0 bridgehead atoms. The Labute approximate surface area is 106 Å². The van der Waals surface area contributed by atoms with E-state index < -0.39 is 0 Å². The molecule has 0 aromatic carbocycles. The van der Waals surface area contributed by atoms with Gasteiger partial charge in [0.1, 0.15) is 18.0 Å². The zero-order valence-corrected chi connectivity index (χ0v) is 10.4. The van der Waals surface area contributed by atoms with Crippen LogP contribution in [0.3, 0.4) is 0 Å². The first kappa shape index (κ1) is 12.6. The van der Waals surface area contributed by atoms with Crippen molar-refractivity contribution in [2.45, 2.75) is 12.8 Å². The molecule has 4 N–H and O–H groups in total. The Morgan fingerprint density at radius 1 is 1.56 bits per heavy atom. The second kappa shape index (κ2) is 5.63. The number of nitrogens with zero attached hydrogens (tertiary/aromatic N) is 3. The van der Waals surface area contributed by atoms with E-state index in [4.69, 9.17) is 5.84 Å². The summed E-state index contributed by atoms with van der Waals surface area (Å²) in [6, 6.07) is 1.78. The molecule has 1 aromatic rings. The Balaban J connectivity index is 2.10. The molecule has 1 fully saturated rings. The van der Waals surface area contributed by atoms with E-state index in [2.05, 4.69) is 25.6 Å². The molecule has 18 heavy (non-hydrogen) atoms. The first-order chi connectivity index (χ1) is 8.74. The van der Waals surface area contributed by atoms with Gasteiger partial charge >= 0.3 is 0 Å². The number of carbonyl (C=O) groups excluding carboxylic acids is 1. The number of nitrogen functional groups attached to an aromatic ring is 1. The summed E-state index contributed by atoms with van der Waals surface area (Å²) < 4.78 is 0. The fourth-order valence-electron chi connectivity index (χ4n) is 2.20. The lowest BCUT2D eigenvalue weighted by atomic mass is 9.97. The van der Waals surface area contributed by atoms with Crippen LogP contribution in [0.2, 0.25) is 0 Å². The molecular weight excluding hydrogens is 232 g/mol. The van der Waals surface area contributed by atoms with Crippen molar-refractivity contribution >= 4 is 17.5 Å². The van der Waals surface area contributed by atoms with Crippen molar-refractivity contribution in [1.82, 2.24) is 15.3 Å². The standard InChI is InChI=1S/C11H18N6O/c1-13-11(18)8-3-2-4-17(6-8)10-5-9(16-12)14-7-15-10/h5,7-8H,2-4,6,12H2,1H3,(H,13,18)(H,14,15,16). The number of nitrogens with one attached hydrogen (secondary N) is 2. The lowest BCUT2D eigenvalue weighted by Gasteiger charge is -2.32. The molecule has 0 spiro atoms. The first-order valence-electron chi connectivity index (χ1n) is 5.99. The number of piperidine rings is 1. The number of hydrazine groups is 1. The highest BCUT2D eigenvalue weighted by Crippen LogP contribution is 2.22. The predicted molar refractivity (Wildman–Crippen MR) is 68.8 cm³/mol. The molecule has 1 saturated heterocycles. The van der Waals surface area contributed by atoms with Crippen molar-refractivity contribution in [1.29, 1.82) is 0 Å². The molecule has 0 saturated carbocycles. The van der Waals surface area contributed by atoms with E-state index >= 15 is 0 Å². The maximum Gasteiger partial charge on any atom is 0.224 e. The van der Waals surface area contributed by atoms with Crippen molar-refractivity contribution in [2.24, 2.45) is 11.8 Å². The van der Waals surface area contributed by atoms with E-state index in [0.29, 0.717) is 12.4 Å². The normalized spacial score (nSPS) is 19.4. The van der Waals surface area contributed by atoms with Gasteiger partial charge in [-0.1, -0.05) is 0 Å². The fraction of sp³-hybridized carbons (Fsp3) is 0.545. The van der Waals surface area contributed by atoms with Gasteiger partial charge in [-0.15, -0.1) is 0 Å². The van der Waals surface area contributed by atoms with Gasteiger partial charge in [-0.05, 0) is 12.8 Å². The highest BCUT2D eigenvalue weighted by Gasteiger charge is 2.25. The third kappa shape index (κ3) is 2.67. The summed E-state index contributed by atoms with van der Waals surface area (Å²) in [4.78, 5) is 21.9. The van der Waals surface area contributed by atoms with Crippen LogP contribution in [0.15, 0.2) is 12.4 Å². The molecular formula is C11H18N6O. The maximum atomic E-state index is 11.7. The smallest absolute Gasteiger partial charge is 0.224 e. The van der Waals surface area contributed by atoms with Gasteiger partial charge in [-0.25, -0.2) is 15.8 Å². The number of carbonyl (C=O) groups is 1. The first-order valence-corrected chi connectivity index (χ1v) is 5.99. The third-order valence-electron chi connectivity index (χ3n) is 3.16. The molecule has 0 aliphatic carbocycles. The van der Waals surface area contributed by atoms with E-state index in [1.54, 1.807) is 13.1 Å². The van der Waals surface area contributed by atoms with Crippen molar-refractivity contribution < 1.29 is 4.79 Å². The molecule has 1 atom stereocenters. The van der Waals surface area contributed by atoms with Gasteiger partial charge in [0.2, 0.25) is 5.91 Å². The summed E-state index contributed by atoms with van der Waals surface area (Å²) in [5, 5.41) is 2.70. The molecule has 1 amide bonds. The van der Waals surface area contributed by atoms with Crippen LogP contribution < -0.4 is 21.5 Å². The third-order valence-corrected chi connectivity index (χ3v) is 3.16. The topological polar surface area (TPSA) is 96.2 Å². The average Bonchev–Trinajstić information content (AvgIpc) is 2.46. The van der Waals surface area contributed by atoms with E-state index in [0.717, 1.165) is 25.2 Å². The lowest BCUT2D eigenvalue weighted by molar-refractivity contribution is -0.124. The Bertz CT molecular complexity index is 424. The number of rotatable bonds is 3. The quantitative estimate of drug-likeness (QED) is 0.504. The molecule has 0 radical (unpaired) electrons. The second-order valence-electron chi connectivity index (χ2n) is 4.31. The number of hydrogen-bond donors (Lipinski definition) is 3. The monoisotopic (exact) mass is 250 g/mol. The van der Waals surface area contributed by atoms with Gasteiger partial charge in [-0.3, -0.25) is 4.79 Å². The summed E-state index contributed by atoms with van der Waals surface area (Å²) in [5.41, 5.74) is 2.49. The summed E-state index contributed by atoms with van der Waals surface area (Å²) in [6.07, 6.45) is 3.37. The minimum atomic E-state index is 0.0213. The van der Waals surface area contributed by atoms with E-state index in [-0.39, 0.29) is 11.8 Å². The van der Waals surface area contributed by atoms with E-state index in [1.807, 2.05) is 0 Å². The molecule has 7 heteroatoms. The number of hydrogen-bond acceptors (Lipinski definition) is 6. The average molecular weight is 250 g/mol. The molecule has 2 rings (SSSR count). The van der Waals surface area contributed by atoms with Gasteiger partial charge in [0.15, 0.2) is 0 Å². The van der Waals surface area contributed by atoms with Crippen LogP contribution in [0, 0.1) is 5.92 Å². The van der Waals surface area contributed by atoms with Crippen molar-refractivity contribution in [2.75, 3.05) is 30.5 Å². The molecule has 1 unspecified atom stereocenters. The minimum Gasteiger partial charge on any atom is -0.359 e. The van der Waals surface area contributed by atoms with Gasteiger partial charge in [0.05, 0.1) is 5.92 Å². The zero-order chi connectivity index (χ0) is 13.0. The van der Waals surface area contributed by atoms with Crippen LogP contribution in [0.25, 0.3) is 0 Å². The summed E-state index contributed by atoms with van der Waals surface area (Å²) in [7, 11) is 1.67. The van der Waals surface area contributed by atoms with E-state index in [1.165, 1.54) is 6.33 Å². The van der Waals surface area contributed by atoms with Crippen LogP contribution in [-0.2, 0) is 4.79 Å². The lowest BCUT2D eigenvalue weighted by Crippen LogP contribution is -2.42.